The number of ether oxygens (including phenoxy) is 3. The number of fused-ring (bicyclic) bond motifs is 1. The summed E-state index contributed by atoms with van der Waals surface area (Å²) in [5.41, 5.74) is 1.67. The number of hydrogen-bond acceptors (Lipinski definition) is 11. The predicted octanol–water partition coefficient (Wildman–Crippen LogP) is 5.44. The maximum Gasteiger partial charge on any atom is 0.413 e. The summed E-state index contributed by atoms with van der Waals surface area (Å²) >= 11 is 2.45. The summed E-state index contributed by atoms with van der Waals surface area (Å²) in [6.07, 6.45) is 0.107. The van der Waals surface area contributed by atoms with Gasteiger partial charge in [-0.1, -0.05) is 66.7 Å². The number of esters is 2. The minimum atomic E-state index is -0.956. The van der Waals surface area contributed by atoms with Gasteiger partial charge in [0.15, 0.2) is 11.2 Å². The van der Waals surface area contributed by atoms with Crippen molar-refractivity contribution in [3.63, 3.8) is 0 Å². The zero-order valence-corrected chi connectivity index (χ0v) is 29.2. The lowest BCUT2D eigenvalue weighted by Crippen LogP contribution is -2.70. The molecule has 2 aliphatic rings. The highest BCUT2D eigenvalue weighted by atomic mass is 32.2. The molecule has 3 aromatic rings. The minimum absolute atomic E-state index is 0.0130. The van der Waals surface area contributed by atoms with E-state index in [1.165, 1.54) is 23.6 Å². The van der Waals surface area contributed by atoms with Gasteiger partial charge in [-0.25, -0.2) is 14.6 Å². The van der Waals surface area contributed by atoms with Crippen LogP contribution in [0.1, 0.15) is 57.5 Å². The molecule has 2 aromatic carbocycles. The standard InChI is InChI=1S/C35H36N4O8S2/c1-6-24(25-19-49-33(36-25)38-34(44)47-35(3,4)5)29(41)37-26-30(42)39-27(23(17-45-20(2)40)18-48-31(26)39)32(43)46-28(21-13-9-7-10-14-21)22-15-11-8-12-16-22/h6-16,19,26,28,31H,17-18H2,1-5H3,(H,37,41)(H,36,38,44)/b24-6-/t26-,31-/m1/s1. The Labute approximate surface area is 291 Å². The number of rotatable bonds is 10. The molecule has 0 aliphatic carbocycles. The molecular weight excluding hydrogens is 669 g/mol. The van der Waals surface area contributed by atoms with Gasteiger partial charge < -0.3 is 19.5 Å². The van der Waals surface area contributed by atoms with E-state index in [-0.39, 0.29) is 28.8 Å². The molecule has 1 fully saturated rings. The van der Waals surface area contributed by atoms with Crippen molar-refractivity contribution in [1.29, 1.82) is 0 Å². The number of nitrogens with zero attached hydrogens (tertiary/aromatic N) is 2. The smallest absolute Gasteiger partial charge is 0.413 e. The van der Waals surface area contributed by atoms with Gasteiger partial charge >= 0.3 is 18.0 Å². The van der Waals surface area contributed by atoms with Crippen molar-refractivity contribution in [2.24, 2.45) is 0 Å². The quantitative estimate of drug-likeness (QED) is 0.121. The van der Waals surface area contributed by atoms with E-state index in [4.69, 9.17) is 14.2 Å². The van der Waals surface area contributed by atoms with Crippen LogP contribution in [0.5, 0.6) is 0 Å². The number of thioether (sulfide) groups is 1. The van der Waals surface area contributed by atoms with E-state index in [1.54, 1.807) is 39.2 Å². The topological polar surface area (TPSA) is 153 Å². The second kappa shape index (κ2) is 15.1. The Kier molecular flexibility index (Phi) is 10.9. The van der Waals surface area contributed by atoms with Crippen molar-refractivity contribution < 1.29 is 38.2 Å². The average molecular weight is 705 g/mol. The van der Waals surface area contributed by atoms with E-state index in [9.17, 15) is 24.0 Å². The molecular formula is C35H36N4O8S2. The first kappa shape index (κ1) is 35.4. The zero-order valence-electron chi connectivity index (χ0n) is 27.6. The fourth-order valence-electron chi connectivity index (χ4n) is 5.18. The number of carbonyl (C=O) groups excluding carboxylic acids is 5. The van der Waals surface area contributed by atoms with E-state index < -0.39 is 53.0 Å². The van der Waals surface area contributed by atoms with E-state index >= 15 is 0 Å². The van der Waals surface area contributed by atoms with E-state index in [2.05, 4.69) is 15.6 Å². The summed E-state index contributed by atoms with van der Waals surface area (Å²) in [6, 6.07) is 17.5. The largest absolute Gasteiger partial charge is 0.461 e. The molecule has 1 saturated heterocycles. The van der Waals surface area contributed by atoms with Gasteiger partial charge in [-0.05, 0) is 38.8 Å². The highest BCUT2D eigenvalue weighted by Gasteiger charge is 2.55. The van der Waals surface area contributed by atoms with Gasteiger partial charge in [0, 0.05) is 23.6 Å². The fraction of sp³-hybridized carbons (Fsp3) is 0.314. The molecule has 12 nitrogen and oxygen atoms in total. The number of β-lactam (4-membered cyclic amide) rings is 1. The van der Waals surface area contributed by atoms with Crippen molar-refractivity contribution in [3.8, 4) is 0 Å². The average Bonchev–Trinajstić information content (AvgIpc) is 3.52. The molecule has 0 spiro atoms. The molecule has 0 radical (unpaired) electrons. The molecule has 2 atom stereocenters. The molecule has 0 saturated carbocycles. The van der Waals surface area contributed by atoms with Crippen molar-refractivity contribution in [1.82, 2.24) is 15.2 Å². The van der Waals surface area contributed by atoms with Crippen LogP contribution >= 0.6 is 23.1 Å². The van der Waals surface area contributed by atoms with Gasteiger partial charge in [0.2, 0.25) is 0 Å². The second-order valence-electron chi connectivity index (χ2n) is 12.1. The number of carbonyl (C=O) groups is 5. The Morgan fingerprint density at radius 3 is 2.24 bits per heavy atom. The fourth-order valence-corrected chi connectivity index (χ4v) is 7.20. The van der Waals surface area contributed by atoms with Crippen LogP contribution in [0, 0.1) is 0 Å². The molecule has 0 bridgehead atoms. The minimum Gasteiger partial charge on any atom is -0.461 e. The summed E-state index contributed by atoms with van der Waals surface area (Å²) < 4.78 is 16.6. The third-order valence-electron chi connectivity index (χ3n) is 7.33. The Balaban J connectivity index is 1.34. The number of anilines is 1. The van der Waals surface area contributed by atoms with Crippen LogP contribution in [0.2, 0.25) is 0 Å². The summed E-state index contributed by atoms with van der Waals surface area (Å²) in [4.78, 5) is 70.7. The number of nitrogens with one attached hydrogen (secondary N) is 2. The first-order valence-electron chi connectivity index (χ1n) is 15.4. The van der Waals surface area contributed by atoms with Gasteiger partial charge in [-0.15, -0.1) is 23.1 Å². The zero-order chi connectivity index (χ0) is 35.3. The summed E-state index contributed by atoms with van der Waals surface area (Å²) in [7, 11) is 0. The van der Waals surface area contributed by atoms with Crippen molar-refractivity contribution in [2.75, 3.05) is 17.7 Å². The van der Waals surface area contributed by atoms with Crippen LogP contribution in [0.15, 0.2) is 83.4 Å². The Morgan fingerprint density at radius 2 is 1.67 bits per heavy atom. The van der Waals surface area contributed by atoms with Gasteiger partial charge in [-0.2, -0.15) is 0 Å². The number of amides is 3. The number of benzene rings is 2. The van der Waals surface area contributed by atoms with Gasteiger partial charge in [0.05, 0.1) is 11.3 Å². The second-order valence-corrected chi connectivity index (χ2v) is 14.0. The molecule has 49 heavy (non-hydrogen) atoms. The van der Waals surface area contributed by atoms with Crippen LogP contribution in [-0.2, 0) is 33.4 Å². The molecule has 1 aromatic heterocycles. The highest BCUT2D eigenvalue weighted by molar-refractivity contribution is 8.00. The monoisotopic (exact) mass is 704 g/mol. The maximum absolute atomic E-state index is 14.0. The third-order valence-corrected chi connectivity index (χ3v) is 9.43. The lowest BCUT2D eigenvalue weighted by molar-refractivity contribution is -0.154. The van der Waals surface area contributed by atoms with Gasteiger partial charge in [-0.3, -0.25) is 24.6 Å². The summed E-state index contributed by atoms with van der Waals surface area (Å²) in [5, 5.41) is 6.57. The lowest BCUT2D eigenvalue weighted by atomic mass is 10.0. The molecule has 5 rings (SSSR count). The molecule has 256 valence electrons. The van der Waals surface area contributed by atoms with Gasteiger partial charge in [0.25, 0.3) is 11.8 Å². The van der Waals surface area contributed by atoms with Crippen LogP contribution in [0.4, 0.5) is 9.93 Å². The summed E-state index contributed by atoms with van der Waals surface area (Å²) in [6.45, 7) is 7.94. The number of allylic oxidation sites excluding steroid dienone is 1. The van der Waals surface area contributed by atoms with Crippen LogP contribution in [0.25, 0.3) is 5.57 Å². The molecule has 14 heteroatoms. The van der Waals surface area contributed by atoms with Crippen LogP contribution in [0.3, 0.4) is 0 Å². The summed E-state index contributed by atoms with van der Waals surface area (Å²) in [5.74, 6) is -2.12. The van der Waals surface area contributed by atoms with Crippen LogP contribution < -0.4 is 10.6 Å². The first-order chi connectivity index (χ1) is 23.4. The Hall–Kier alpha value is -4.95. The van der Waals surface area contributed by atoms with E-state index in [0.717, 1.165) is 22.5 Å². The molecule has 3 amide bonds. The van der Waals surface area contributed by atoms with E-state index in [1.807, 2.05) is 60.7 Å². The van der Waals surface area contributed by atoms with Crippen molar-refractivity contribution >= 4 is 63.6 Å². The first-order valence-corrected chi connectivity index (χ1v) is 17.3. The maximum atomic E-state index is 14.0. The van der Waals surface area contributed by atoms with Crippen LogP contribution in [-0.4, -0.2) is 69.1 Å². The third kappa shape index (κ3) is 8.38. The number of thiazole rings is 1. The Morgan fingerprint density at radius 1 is 1.04 bits per heavy atom. The van der Waals surface area contributed by atoms with Crippen molar-refractivity contribution in [3.05, 3.63) is 100 Å². The SMILES string of the molecule is C/C=C(\C(=O)N[C@@H]1C(=O)N2C(C(=O)OC(c3ccccc3)c3ccccc3)=C(COC(C)=O)CS[C@H]12)c1csc(NC(=O)OC(C)(C)C)n1. The molecule has 3 heterocycles. The molecule has 2 aliphatic heterocycles. The normalized spacial score (nSPS) is 17.6. The Bertz CT molecular complexity index is 1760. The molecule has 0 unspecified atom stereocenters. The van der Waals surface area contributed by atoms with E-state index in [0.29, 0.717) is 11.3 Å². The lowest BCUT2D eigenvalue weighted by Gasteiger charge is -2.49. The molecule has 2 N–H and O–H groups in total. The number of hydrogen-bond donors (Lipinski definition) is 2. The van der Waals surface area contributed by atoms with Crippen molar-refractivity contribution in [2.45, 2.75) is 57.7 Å². The van der Waals surface area contributed by atoms with Gasteiger partial charge in [0.1, 0.15) is 29.3 Å². The highest BCUT2D eigenvalue weighted by Crippen LogP contribution is 2.42. The predicted molar refractivity (Wildman–Crippen MR) is 185 cm³/mol. The number of aromatic nitrogens is 1.